The highest BCUT2D eigenvalue weighted by Gasteiger charge is 2.10. The number of hydrogen-bond acceptors (Lipinski definition) is 4. The molecule has 0 spiro atoms. The van der Waals surface area contributed by atoms with Crippen LogP contribution in [0, 0.1) is 0 Å². The minimum Gasteiger partial charge on any atom is -0.395 e. The summed E-state index contributed by atoms with van der Waals surface area (Å²) < 4.78 is 0. The molecule has 15 heavy (non-hydrogen) atoms. The SMILES string of the molecule is [O]CCCCC(O)CN(CCO)CCO. The maximum Gasteiger partial charge on any atom is 0.0822 e. The van der Waals surface area contributed by atoms with Crippen LogP contribution in [0.5, 0.6) is 0 Å². The smallest absolute Gasteiger partial charge is 0.0822 e. The van der Waals surface area contributed by atoms with Gasteiger partial charge in [-0.05, 0) is 19.3 Å². The third-order valence-corrected chi connectivity index (χ3v) is 2.23. The fraction of sp³-hybridized carbons (Fsp3) is 1.00. The van der Waals surface area contributed by atoms with Crippen molar-refractivity contribution in [3.05, 3.63) is 0 Å². The van der Waals surface area contributed by atoms with Crippen molar-refractivity contribution in [1.82, 2.24) is 4.90 Å². The monoisotopic (exact) mass is 220 g/mol. The van der Waals surface area contributed by atoms with E-state index < -0.39 is 6.10 Å². The summed E-state index contributed by atoms with van der Waals surface area (Å²) in [5.74, 6) is 0. The third kappa shape index (κ3) is 8.77. The molecule has 0 aromatic heterocycles. The van der Waals surface area contributed by atoms with Crippen molar-refractivity contribution in [3.63, 3.8) is 0 Å². The average molecular weight is 220 g/mol. The van der Waals surface area contributed by atoms with E-state index >= 15 is 0 Å². The molecule has 0 bridgehead atoms. The van der Waals surface area contributed by atoms with E-state index in [1.54, 1.807) is 0 Å². The second-order valence-corrected chi connectivity index (χ2v) is 3.60. The molecule has 0 fully saturated rings. The van der Waals surface area contributed by atoms with Gasteiger partial charge in [-0.25, -0.2) is 5.11 Å². The molecule has 91 valence electrons. The van der Waals surface area contributed by atoms with Gasteiger partial charge in [-0.15, -0.1) is 0 Å². The van der Waals surface area contributed by atoms with Crippen LogP contribution >= 0.6 is 0 Å². The maximum atomic E-state index is 10.2. The van der Waals surface area contributed by atoms with E-state index in [0.717, 1.165) is 6.42 Å². The van der Waals surface area contributed by atoms with Gasteiger partial charge < -0.3 is 15.3 Å². The average Bonchev–Trinajstić information content (AvgIpc) is 2.19. The van der Waals surface area contributed by atoms with Gasteiger partial charge in [-0.2, -0.15) is 0 Å². The van der Waals surface area contributed by atoms with Crippen molar-refractivity contribution in [1.29, 1.82) is 0 Å². The van der Waals surface area contributed by atoms with E-state index in [2.05, 4.69) is 0 Å². The standard InChI is InChI=1S/C10H22NO4/c12-6-2-1-3-10(15)9-11(4-7-13)5-8-14/h10,13-15H,1-9H2. The molecule has 0 aromatic carbocycles. The van der Waals surface area contributed by atoms with Gasteiger partial charge in [-0.3, -0.25) is 4.90 Å². The van der Waals surface area contributed by atoms with Gasteiger partial charge in [0.2, 0.25) is 0 Å². The Morgan fingerprint density at radius 2 is 1.67 bits per heavy atom. The normalized spacial score (nSPS) is 13.4. The Morgan fingerprint density at radius 1 is 1.07 bits per heavy atom. The zero-order valence-corrected chi connectivity index (χ0v) is 9.14. The molecule has 1 atom stereocenters. The van der Waals surface area contributed by atoms with Crippen LogP contribution in [-0.4, -0.2) is 65.8 Å². The Hall–Kier alpha value is -0.200. The summed E-state index contributed by atoms with van der Waals surface area (Å²) in [4.78, 5) is 1.81. The predicted octanol–water partition coefficient (Wildman–Crippen LogP) is -0.765. The van der Waals surface area contributed by atoms with Crippen LogP contribution in [0.1, 0.15) is 19.3 Å². The Bertz CT molecular complexity index is 129. The van der Waals surface area contributed by atoms with Gasteiger partial charge in [0, 0.05) is 19.6 Å². The zero-order valence-electron chi connectivity index (χ0n) is 9.14. The fourth-order valence-electron chi connectivity index (χ4n) is 1.45. The molecule has 0 heterocycles. The molecule has 3 N–H and O–H groups in total. The van der Waals surface area contributed by atoms with Crippen molar-refractivity contribution in [2.75, 3.05) is 39.5 Å². The van der Waals surface area contributed by atoms with Crippen LogP contribution in [0.3, 0.4) is 0 Å². The molecular weight excluding hydrogens is 198 g/mol. The molecule has 1 radical (unpaired) electrons. The molecule has 1 unspecified atom stereocenters. The summed E-state index contributed by atoms with van der Waals surface area (Å²) in [6, 6.07) is 0. The fourth-order valence-corrected chi connectivity index (χ4v) is 1.45. The first-order valence-corrected chi connectivity index (χ1v) is 5.44. The van der Waals surface area contributed by atoms with Crippen molar-refractivity contribution >= 4 is 0 Å². The van der Waals surface area contributed by atoms with Gasteiger partial charge in [-0.1, -0.05) is 0 Å². The Balaban J connectivity index is 3.62. The van der Waals surface area contributed by atoms with E-state index in [0.29, 0.717) is 32.5 Å². The molecule has 0 amide bonds. The van der Waals surface area contributed by atoms with Crippen molar-refractivity contribution in [3.8, 4) is 0 Å². The topological polar surface area (TPSA) is 83.8 Å². The van der Waals surface area contributed by atoms with E-state index in [1.807, 2.05) is 4.90 Å². The van der Waals surface area contributed by atoms with E-state index in [9.17, 15) is 10.2 Å². The van der Waals surface area contributed by atoms with Gasteiger partial charge in [0.25, 0.3) is 0 Å². The molecular formula is C10H22NO4. The number of rotatable bonds is 10. The molecule has 0 saturated carbocycles. The second-order valence-electron chi connectivity index (χ2n) is 3.60. The molecule has 0 rings (SSSR count). The van der Waals surface area contributed by atoms with Crippen LogP contribution in [0.4, 0.5) is 0 Å². The summed E-state index contributed by atoms with van der Waals surface area (Å²) in [6.07, 6.45) is 1.46. The first-order valence-electron chi connectivity index (χ1n) is 5.44. The number of aliphatic hydroxyl groups excluding tert-OH is 3. The van der Waals surface area contributed by atoms with Crippen molar-refractivity contribution in [2.45, 2.75) is 25.4 Å². The minimum atomic E-state index is -0.477. The summed E-state index contributed by atoms with van der Waals surface area (Å²) in [6.45, 7) is 1.31. The van der Waals surface area contributed by atoms with Gasteiger partial charge >= 0.3 is 0 Å². The highest BCUT2D eigenvalue weighted by molar-refractivity contribution is 4.64. The predicted molar refractivity (Wildman–Crippen MR) is 56.0 cm³/mol. The molecule has 5 heteroatoms. The number of unbranched alkanes of at least 4 members (excludes halogenated alkanes) is 1. The lowest BCUT2D eigenvalue weighted by molar-refractivity contribution is 0.0789. The van der Waals surface area contributed by atoms with E-state index in [4.69, 9.17) is 10.2 Å². The lowest BCUT2D eigenvalue weighted by Crippen LogP contribution is -2.36. The molecule has 0 aliphatic rings. The summed E-state index contributed by atoms with van der Waals surface area (Å²) in [5, 5.41) is 37.3. The molecule has 0 aliphatic heterocycles. The lowest BCUT2D eigenvalue weighted by Gasteiger charge is -2.23. The van der Waals surface area contributed by atoms with Gasteiger partial charge in [0.15, 0.2) is 0 Å². The van der Waals surface area contributed by atoms with Crippen LogP contribution in [0.25, 0.3) is 0 Å². The second kappa shape index (κ2) is 10.3. The first kappa shape index (κ1) is 14.8. The summed E-state index contributed by atoms with van der Waals surface area (Å²) >= 11 is 0. The van der Waals surface area contributed by atoms with Crippen LogP contribution in [0.2, 0.25) is 0 Å². The van der Waals surface area contributed by atoms with Crippen LogP contribution in [0.15, 0.2) is 0 Å². The van der Waals surface area contributed by atoms with Gasteiger partial charge in [0.05, 0.1) is 25.9 Å². The first-order chi connectivity index (χ1) is 7.24. The minimum absolute atomic E-state index is 0.0211. The Morgan fingerprint density at radius 3 is 2.13 bits per heavy atom. The Labute approximate surface area is 91.0 Å². The zero-order chi connectivity index (χ0) is 11.5. The molecule has 0 aliphatic carbocycles. The number of nitrogens with zero attached hydrogens (tertiary/aromatic N) is 1. The number of hydrogen-bond donors (Lipinski definition) is 3. The summed E-state index contributed by atoms with van der Waals surface area (Å²) in [7, 11) is 0. The van der Waals surface area contributed by atoms with Crippen molar-refractivity contribution < 1.29 is 20.4 Å². The number of aliphatic hydroxyl groups is 3. The quantitative estimate of drug-likeness (QED) is 0.422. The van der Waals surface area contributed by atoms with E-state index in [-0.39, 0.29) is 19.8 Å². The molecule has 5 nitrogen and oxygen atoms in total. The Kier molecular flexibility index (Phi) is 10.2. The molecule has 0 saturated heterocycles. The van der Waals surface area contributed by atoms with Crippen molar-refractivity contribution in [2.24, 2.45) is 0 Å². The lowest BCUT2D eigenvalue weighted by atomic mass is 10.1. The maximum absolute atomic E-state index is 10.2. The van der Waals surface area contributed by atoms with E-state index in [1.165, 1.54) is 0 Å². The highest BCUT2D eigenvalue weighted by Crippen LogP contribution is 2.02. The third-order valence-electron chi connectivity index (χ3n) is 2.23. The summed E-state index contributed by atoms with van der Waals surface area (Å²) in [5.41, 5.74) is 0. The van der Waals surface area contributed by atoms with Gasteiger partial charge in [0.1, 0.15) is 0 Å². The van der Waals surface area contributed by atoms with Crippen LogP contribution < -0.4 is 0 Å². The van der Waals surface area contributed by atoms with Crippen LogP contribution in [-0.2, 0) is 5.11 Å². The highest BCUT2D eigenvalue weighted by atomic mass is 16.3. The molecule has 0 aromatic rings. The largest absolute Gasteiger partial charge is 0.395 e.